The Morgan fingerprint density at radius 1 is 0.222 bits per heavy atom. The topological polar surface area (TPSA) is 122 Å². The number of benzene rings is 10. The lowest BCUT2D eigenvalue weighted by atomic mass is 10.0. The van der Waals surface area contributed by atoms with Crippen LogP contribution < -0.4 is 19.6 Å². The summed E-state index contributed by atoms with van der Waals surface area (Å²) in [6.07, 6.45) is 0. The molecule has 2 N–H and O–H groups in total. The molecule has 10 aromatic rings. The Kier molecular flexibility index (Phi) is 13.2. The van der Waals surface area contributed by atoms with Gasteiger partial charge in [-0.15, -0.1) is 0 Å². The molecule has 0 aliphatic heterocycles. The van der Waals surface area contributed by atoms with Gasteiger partial charge in [0.2, 0.25) is 0 Å². The maximum atomic E-state index is 12.1. The van der Waals surface area contributed by atoms with Crippen molar-refractivity contribution >= 4 is 88.5 Å². The maximum absolute atomic E-state index is 12.1. The summed E-state index contributed by atoms with van der Waals surface area (Å²) in [6, 6.07) is 85.1. The van der Waals surface area contributed by atoms with Crippen molar-refractivity contribution in [2.75, 3.05) is 19.6 Å². The zero-order valence-electron chi connectivity index (χ0n) is 38.5. The van der Waals surface area contributed by atoms with E-state index in [0.717, 1.165) is 68.0 Å². The third-order valence-electron chi connectivity index (χ3n) is 12.1. The van der Waals surface area contributed by atoms with Crippen LogP contribution in [0.1, 0.15) is 0 Å². The summed E-state index contributed by atoms with van der Waals surface area (Å²) in [6.45, 7) is 0. The van der Waals surface area contributed by atoms with Crippen molar-refractivity contribution in [3.63, 3.8) is 0 Å². The molecule has 72 heavy (non-hydrogen) atoms. The van der Waals surface area contributed by atoms with Crippen molar-refractivity contribution in [2.45, 2.75) is 9.79 Å². The fraction of sp³-hybridized carbons (Fsp3) is 0. The predicted octanol–water partition coefficient (Wildman–Crippen LogP) is 15.7. The SMILES string of the molecule is O=S(=O)(O)c1cccc(N(c2ccccc2)c2ccc(N(c3ccccc3)c3ccc(-c4ccc(N(c5ccccc5)c5ccc(N(c6ccccc6)c6cccc(S(=O)(=O)O)c6)cc5)cc4)cc3)cc2)c1. The van der Waals surface area contributed by atoms with Crippen molar-refractivity contribution in [3.8, 4) is 11.1 Å². The smallest absolute Gasteiger partial charge is 0.294 e. The lowest BCUT2D eigenvalue weighted by Crippen LogP contribution is -2.12. The Morgan fingerprint density at radius 2 is 0.417 bits per heavy atom. The van der Waals surface area contributed by atoms with Gasteiger partial charge >= 0.3 is 0 Å². The highest BCUT2D eigenvalue weighted by molar-refractivity contribution is 7.86. The Balaban J connectivity index is 0.940. The molecule has 354 valence electrons. The standard InChI is InChI=1S/C60H46N4O6S2/c65-71(66,67)59-25-13-23-57(43-59)63(49-19-9-3-10-20-49)55-39-35-53(36-40-55)61(47-15-5-1-6-16-47)51-31-27-45(28-32-51)46-29-33-52(34-30-46)62(48-17-7-2-8-18-48)54-37-41-56(42-38-54)64(50-21-11-4-12-22-50)58-24-14-26-60(44-58)72(68,69)70/h1-44H,(H,65,66,67)(H,68,69,70). The molecular formula is C60H46N4O6S2. The van der Waals surface area contributed by atoms with Gasteiger partial charge in [0.1, 0.15) is 0 Å². The fourth-order valence-electron chi connectivity index (χ4n) is 8.77. The minimum Gasteiger partial charge on any atom is -0.311 e. The number of nitrogens with zero attached hydrogens (tertiary/aromatic N) is 4. The van der Waals surface area contributed by atoms with Crippen molar-refractivity contribution in [2.24, 2.45) is 0 Å². The van der Waals surface area contributed by atoms with Gasteiger partial charge in [0.25, 0.3) is 20.2 Å². The summed E-state index contributed by atoms with van der Waals surface area (Å²) in [4.78, 5) is 7.87. The first-order chi connectivity index (χ1) is 35.0. The molecule has 0 atom stereocenters. The molecule has 0 fully saturated rings. The van der Waals surface area contributed by atoms with Crippen molar-refractivity contribution < 1.29 is 25.9 Å². The van der Waals surface area contributed by atoms with Gasteiger partial charge in [-0.2, -0.15) is 16.8 Å². The highest BCUT2D eigenvalue weighted by Gasteiger charge is 2.21. The van der Waals surface area contributed by atoms with E-state index in [9.17, 15) is 25.9 Å². The third-order valence-corrected chi connectivity index (χ3v) is 13.8. The molecule has 10 aromatic carbocycles. The fourth-order valence-corrected chi connectivity index (χ4v) is 9.81. The Bertz CT molecular complexity index is 3420. The van der Waals surface area contributed by atoms with E-state index >= 15 is 0 Å². The zero-order chi connectivity index (χ0) is 49.7. The van der Waals surface area contributed by atoms with E-state index in [0.29, 0.717) is 11.4 Å². The Labute approximate surface area is 419 Å². The molecule has 0 radical (unpaired) electrons. The molecular weight excluding hydrogens is 937 g/mol. The Hall–Kier alpha value is -8.78. The Morgan fingerprint density at radius 3 is 0.653 bits per heavy atom. The van der Waals surface area contributed by atoms with Crippen molar-refractivity contribution in [1.29, 1.82) is 0 Å². The first kappa shape index (κ1) is 46.9. The lowest BCUT2D eigenvalue weighted by Gasteiger charge is -2.28. The van der Waals surface area contributed by atoms with Gasteiger partial charge in [-0.05, 0) is 169 Å². The second kappa shape index (κ2) is 20.3. The van der Waals surface area contributed by atoms with E-state index in [1.807, 2.05) is 168 Å². The van der Waals surface area contributed by atoms with Gasteiger partial charge in [0, 0.05) is 68.2 Å². The van der Waals surface area contributed by atoms with Gasteiger partial charge in [-0.1, -0.05) is 109 Å². The molecule has 0 aliphatic rings. The normalized spacial score (nSPS) is 11.4. The molecule has 0 bridgehead atoms. The van der Waals surface area contributed by atoms with Crippen LogP contribution in [0.5, 0.6) is 0 Å². The molecule has 0 unspecified atom stereocenters. The summed E-state index contributed by atoms with van der Waals surface area (Å²) in [7, 11) is -8.85. The van der Waals surface area contributed by atoms with Crippen LogP contribution in [0, 0.1) is 0 Å². The molecule has 0 aliphatic carbocycles. The van der Waals surface area contributed by atoms with Crippen LogP contribution in [0.3, 0.4) is 0 Å². The number of hydrogen-bond donors (Lipinski definition) is 2. The second-order valence-electron chi connectivity index (χ2n) is 16.8. The van der Waals surface area contributed by atoms with Crippen molar-refractivity contribution in [3.05, 3.63) is 267 Å². The average molecular weight is 983 g/mol. The van der Waals surface area contributed by atoms with Gasteiger partial charge in [0.15, 0.2) is 0 Å². The van der Waals surface area contributed by atoms with Gasteiger partial charge in [-0.3, -0.25) is 9.11 Å². The van der Waals surface area contributed by atoms with Crippen LogP contribution in [0.15, 0.2) is 277 Å². The van der Waals surface area contributed by atoms with Crippen LogP contribution >= 0.6 is 0 Å². The number of rotatable bonds is 15. The molecule has 0 amide bonds. The lowest BCUT2D eigenvalue weighted by molar-refractivity contribution is 0.481. The van der Waals surface area contributed by atoms with E-state index in [4.69, 9.17) is 0 Å². The predicted molar refractivity (Wildman–Crippen MR) is 290 cm³/mol. The van der Waals surface area contributed by atoms with Gasteiger partial charge in [0.05, 0.1) is 9.79 Å². The van der Waals surface area contributed by atoms with Crippen LogP contribution in [0.4, 0.5) is 68.2 Å². The monoisotopic (exact) mass is 982 g/mol. The van der Waals surface area contributed by atoms with E-state index in [1.165, 1.54) is 24.3 Å². The summed E-state index contributed by atoms with van der Waals surface area (Å²) >= 11 is 0. The van der Waals surface area contributed by atoms with Crippen molar-refractivity contribution in [1.82, 2.24) is 0 Å². The molecule has 10 rings (SSSR count). The molecule has 0 aromatic heterocycles. The largest absolute Gasteiger partial charge is 0.311 e. The van der Waals surface area contributed by atoms with E-state index in [2.05, 4.69) is 82.6 Å². The van der Waals surface area contributed by atoms with Crippen LogP contribution in [0.2, 0.25) is 0 Å². The average Bonchev–Trinajstić information content (AvgIpc) is 3.41. The highest BCUT2D eigenvalue weighted by atomic mass is 32.2. The molecule has 0 saturated carbocycles. The minimum atomic E-state index is -4.42. The first-order valence-electron chi connectivity index (χ1n) is 22.9. The van der Waals surface area contributed by atoms with Gasteiger partial charge < -0.3 is 19.6 Å². The second-order valence-corrected chi connectivity index (χ2v) is 19.6. The maximum Gasteiger partial charge on any atom is 0.294 e. The van der Waals surface area contributed by atoms with Crippen LogP contribution in [-0.4, -0.2) is 25.9 Å². The van der Waals surface area contributed by atoms with Crippen LogP contribution in [-0.2, 0) is 20.2 Å². The molecule has 0 saturated heterocycles. The molecule has 10 nitrogen and oxygen atoms in total. The minimum absolute atomic E-state index is 0.191. The van der Waals surface area contributed by atoms with E-state index in [-0.39, 0.29) is 9.79 Å². The van der Waals surface area contributed by atoms with E-state index in [1.54, 1.807) is 12.1 Å². The quantitative estimate of drug-likeness (QED) is 0.0960. The summed E-state index contributed by atoms with van der Waals surface area (Å²) < 4.78 is 68.3. The number of para-hydroxylation sites is 4. The number of hydrogen-bond acceptors (Lipinski definition) is 8. The third kappa shape index (κ3) is 10.2. The molecule has 12 heteroatoms. The van der Waals surface area contributed by atoms with E-state index < -0.39 is 20.2 Å². The number of anilines is 12. The highest BCUT2D eigenvalue weighted by Crippen LogP contribution is 2.42. The summed E-state index contributed by atoms with van der Waals surface area (Å²) in [5.41, 5.74) is 12.1. The zero-order valence-corrected chi connectivity index (χ0v) is 40.2. The van der Waals surface area contributed by atoms with Gasteiger partial charge in [-0.25, -0.2) is 0 Å². The van der Waals surface area contributed by atoms with Crippen LogP contribution in [0.25, 0.3) is 11.1 Å². The first-order valence-corrected chi connectivity index (χ1v) is 25.8. The summed E-state index contributed by atoms with van der Waals surface area (Å²) in [5.74, 6) is 0. The molecule has 0 spiro atoms. The summed E-state index contributed by atoms with van der Waals surface area (Å²) in [5, 5.41) is 0. The molecule has 0 heterocycles.